The van der Waals surface area contributed by atoms with E-state index in [2.05, 4.69) is 62.6 Å². The molecule has 9 nitrogen and oxygen atoms in total. The van der Waals surface area contributed by atoms with Crippen LogP contribution in [0.1, 0.15) is 134 Å². The molecular weight excluding hydrogens is 723 g/mol. The quantitative estimate of drug-likeness (QED) is 0.0470. The first-order valence-corrected chi connectivity index (χ1v) is 22.1. The van der Waals surface area contributed by atoms with E-state index < -0.39 is 5.97 Å². The minimum absolute atomic E-state index is 0.0154. The average molecular weight is 804 g/mol. The Kier molecular flexibility index (Phi) is 35.8. The summed E-state index contributed by atoms with van der Waals surface area (Å²) in [7, 11) is 0. The number of nitrogens with one attached hydrogen (secondary N) is 2. The van der Waals surface area contributed by atoms with Crippen molar-refractivity contribution < 1.29 is 19.5 Å². The SMILES string of the molecule is CCCC[C@H](C)CN.CCCC[C@H](C)CNC(=O)CCCc1ccccc1.NCCC[C@H](N)CNC(=O)CCCc1ccccc1.O=C(O)CCCc1ccccc1. The number of aryl methyl sites for hydroxylation is 3. The highest BCUT2D eigenvalue weighted by Gasteiger charge is 2.07. The highest BCUT2D eigenvalue weighted by molar-refractivity contribution is 5.76. The number of benzene rings is 3. The highest BCUT2D eigenvalue weighted by Crippen LogP contribution is 2.08. The lowest BCUT2D eigenvalue weighted by molar-refractivity contribution is -0.137. The molecule has 58 heavy (non-hydrogen) atoms. The summed E-state index contributed by atoms with van der Waals surface area (Å²) in [6.07, 6.45) is 16.1. The van der Waals surface area contributed by atoms with Crippen molar-refractivity contribution in [2.45, 2.75) is 143 Å². The van der Waals surface area contributed by atoms with E-state index in [0.717, 1.165) is 70.4 Å². The molecule has 3 aromatic carbocycles. The van der Waals surface area contributed by atoms with Crippen molar-refractivity contribution in [1.82, 2.24) is 10.6 Å². The second-order valence-corrected chi connectivity index (χ2v) is 15.4. The summed E-state index contributed by atoms with van der Waals surface area (Å²) in [5.74, 6) is 0.886. The number of hydrogen-bond acceptors (Lipinski definition) is 6. The molecule has 0 unspecified atom stereocenters. The molecule has 0 radical (unpaired) electrons. The molecule has 3 rings (SSSR count). The van der Waals surface area contributed by atoms with Crippen LogP contribution in [-0.4, -0.2) is 55.1 Å². The number of carboxylic acid groups (broad SMARTS) is 1. The van der Waals surface area contributed by atoms with Crippen molar-refractivity contribution >= 4 is 17.8 Å². The number of unbranched alkanes of at least 4 members (excludes halogenated alkanes) is 2. The molecule has 0 spiro atoms. The second kappa shape index (κ2) is 38.5. The lowest BCUT2D eigenvalue weighted by Gasteiger charge is -2.12. The molecule has 0 saturated carbocycles. The Hall–Kier alpha value is -4.05. The Bertz CT molecular complexity index is 1310. The zero-order chi connectivity index (χ0) is 43.1. The van der Waals surface area contributed by atoms with E-state index in [-0.39, 0.29) is 24.3 Å². The van der Waals surface area contributed by atoms with Gasteiger partial charge in [-0.25, -0.2) is 0 Å². The largest absolute Gasteiger partial charge is 0.481 e. The zero-order valence-electron chi connectivity index (χ0n) is 36.6. The van der Waals surface area contributed by atoms with Crippen LogP contribution >= 0.6 is 0 Å². The lowest BCUT2D eigenvalue weighted by atomic mass is 10.0. The molecule has 0 fully saturated rings. The number of rotatable bonds is 26. The third-order valence-electron chi connectivity index (χ3n) is 9.61. The molecule has 0 aliphatic rings. The highest BCUT2D eigenvalue weighted by atomic mass is 16.4. The Morgan fingerprint density at radius 1 is 0.552 bits per heavy atom. The number of carbonyl (C=O) groups excluding carboxylic acids is 2. The smallest absolute Gasteiger partial charge is 0.303 e. The number of nitrogens with two attached hydrogens (primary N) is 3. The fourth-order valence-electron chi connectivity index (χ4n) is 5.80. The summed E-state index contributed by atoms with van der Waals surface area (Å²) in [5.41, 5.74) is 20.5. The number of carbonyl (C=O) groups is 3. The van der Waals surface area contributed by atoms with Crippen LogP contribution in [0.4, 0.5) is 0 Å². The van der Waals surface area contributed by atoms with Crippen LogP contribution in [0.5, 0.6) is 0 Å². The van der Waals surface area contributed by atoms with Crippen LogP contribution in [0.3, 0.4) is 0 Å². The fraction of sp³-hybridized carbons (Fsp3) is 0.571. The van der Waals surface area contributed by atoms with Crippen molar-refractivity contribution in [3.63, 3.8) is 0 Å². The van der Waals surface area contributed by atoms with Gasteiger partial charge >= 0.3 is 5.97 Å². The minimum atomic E-state index is -0.717. The normalized spacial score (nSPS) is 11.8. The van der Waals surface area contributed by atoms with Gasteiger partial charge in [-0.15, -0.1) is 0 Å². The van der Waals surface area contributed by atoms with Gasteiger partial charge in [0.1, 0.15) is 0 Å². The maximum atomic E-state index is 11.7. The number of aliphatic carboxylic acids is 1. The first kappa shape index (κ1) is 53.9. The van der Waals surface area contributed by atoms with Crippen LogP contribution in [-0.2, 0) is 33.6 Å². The van der Waals surface area contributed by atoms with Gasteiger partial charge in [0.2, 0.25) is 11.8 Å². The van der Waals surface area contributed by atoms with E-state index in [1.165, 1.54) is 55.2 Å². The summed E-state index contributed by atoms with van der Waals surface area (Å²) < 4.78 is 0. The molecule has 2 amide bonds. The predicted octanol–water partition coefficient (Wildman–Crippen LogP) is 9.01. The first-order chi connectivity index (χ1) is 28.0. The molecule has 326 valence electrons. The maximum absolute atomic E-state index is 11.7. The van der Waals surface area contributed by atoms with Crippen molar-refractivity contribution in [2.75, 3.05) is 26.2 Å². The second-order valence-electron chi connectivity index (χ2n) is 15.4. The minimum Gasteiger partial charge on any atom is -0.481 e. The Morgan fingerprint density at radius 3 is 1.33 bits per heavy atom. The van der Waals surface area contributed by atoms with E-state index in [9.17, 15) is 14.4 Å². The summed E-state index contributed by atoms with van der Waals surface area (Å²) in [6.45, 7) is 11.7. The molecule has 3 aromatic rings. The topological polar surface area (TPSA) is 174 Å². The van der Waals surface area contributed by atoms with E-state index in [0.29, 0.717) is 31.8 Å². The van der Waals surface area contributed by atoms with Gasteiger partial charge in [0.15, 0.2) is 0 Å². The zero-order valence-corrected chi connectivity index (χ0v) is 36.6. The molecule has 0 heterocycles. The fourth-order valence-corrected chi connectivity index (χ4v) is 5.80. The molecule has 0 aromatic heterocycles. The van der Waals surface area contributed by atoms with Gasteiger partial charge in [-0.2, -0.15) is 0 Å². The van der Waals surface area contributed by atoms with Crippen molar-refractivity contribution in [2.24, 2.45) is 29.0 Å². The molecule has 9 N–H and O–H groups in total. The van der Waals surface area contributed by atoms with Gasteiger partial charge in [-0.05, 0) is 106 Å². The Morgan fingerprint density at radius 2 is 0.948 bits per heavy atom. The third-order valence-corrected chi connectivity index (χ3v) is 9.61. The van der Waals surface area contributed by atoms with Crippen molar-refractivity contribution in [3.8, 4) is 0 Å². The van der Waals surface area contributed by atoms with Gasteiger partial charge < -0.3 is 32.9 Å². The summed E-state index contributed by atoms with van der Waals surface area (Å²) in [4.78, 5) is 33.5. The molecule has 9 heteroatoms. The monoisotopic (exact) mass is 804 g/mol. The third kappa shape index (κ3) is 35.1. The number of carboxylic acids is 1. The average Bonchev–Trinajstić information content (AvgIpc) is 3.24. The van der Waals surface area contributed by atoms with Gasteiger partial charge in [-0.1, -0.05) is 144 Å². The molecule has 0 saturated heterocycles. The summed E-state index contributed by atoms with van der Waals surface area (Å²) in [5, 5.41) is 14.3. The Labute approximate surface area is 352 Å². The van der Waals surface area contributed by atoms with Crippen LogP contribution in [0.25, 0.3) is 0 Å². The van der Waals surface area contributed by atoms with Gasteiger partial charge in [0.05, 0.1) is 0 Å². The van der Waals surface area contributed by atoms with E-state index in [1.54, 1.807) is 0 Å². The molecular formula is C49H81N5O4. The lowest BCUT2D eigenvalue weighted by Crippen LogP contribution is -2.37. The van der Waals surface area contributed by atoms with Crippen molar-refractivity contribution in [1.29, 1.82) is 0 Å². The Balaban J connectivity index is 0.000000784. The van der Waals surface area contributed by atoms with Crippen LogP contribution in [0.2, 0.25) is 0 Å². The number of hydrogen-bond donors (Lipinski definition) is 6. The predicted molar refractivity (Wildman–Crippen MR) is 244 cm³/mol. The first-order valence-electron chi connectivity index (χ1n) is 22.1. The van der Waals surface area contributed by atoms with Gasteiger partial charge in [-0.3, -0.25) is 14.4 Å². The molecule has 0 bridgehead atoms. The molecule has 3 atom stereocenters. The summed E-state index contributed by atoms with van der Waals surface area (Å²) in [6, 6.07) is 30.5. The van der Waals surface area contributed by atoms with Gasteiger partial charge in [0.25, 0.3) is 0 Å². The van der Waals surface area contributed by atoms with Crippen LogP contribution in [0.15, 0.2) is 91.0 Å². The molecule has 0 aliphatic carbocycles. The van der Waals surface area contributed by atoms with E-state index in [4.69, 9.17) is 22.3 Å². The molecule has 0 aliphatic heterocycles. The maximum Gasteiger partial charge on any atom is 0.303 e. The standard InChI is InChI=1S/C17H27NO.C15H25N3O.C10H12O2.C7H17N/c1-3-4-9-15(2)14-18-17(19)13-8-12-16-10-6-5-7-11-16;16-11-5-9-14(17)12-18-15(19)10-4-8-13-6-2-1-3-7-13;11-10(12)8-4-7-9-5-2-1-3-6-9;1-3-4-5-7(2)6-8/h5-7,10-11,15H,3-4,8-9,12-14H2,1-2H3,(H,18,19);1-3,6-7,14H,4-5,8-12,16-17H2,(H,18,19);1-3,5-6H,4,7-8H2,(H,11,12);7H,3-6,8H2,1-2H3/t15-;14-;;7-/m00.0/s1. The van der Waals surface area contributed by atoms with E-state index in [1.807, 2.05) is 66.7 Å². The van der Waals surface area contributed by atoms with Crippen LogP contribution in [0, 0.1) is 11.8 Å². The van der Waals surface area contributed by atoms with Gasteiger partial charge in [0, 0.05) is 38.4 Å². The number of amides is 2. The van der Waals surface area contributed by atoms with Crippen molar-refractivity contribution in [3.05, 3.63) is 108 Å². The van der Waals surface area contributed by atoms with E-state index >= 15 is 0 Å². The van der Waals surface area contributed by atoms with Crippen LogP contribution < -0.4 is 27.8 Å². The summed E-state index contributed by atoms with van der Waals surface area (Å²) >= 11 is 0.